The highest BCUT2D eigenvalue weighted by molar-refractivity contribution is 7.80. The van der Waals surface area contributed by atoms with Gasteiger partial charge in [0.15, 0.2) is 5.11 Å². The lowest BCUT2D eigenvalue weighted by Crippen LogP contribution is -2.30. The van der Waals surface area contributed by atoms with Crippen LogP contribution in [0.3, 0.4) is 0 Å². The summed E-state index contributed by atoms with van der Waals surface area (Å²) in [6.07, 6.45) is 1.79. The second-order valence-corrected chi connectivity index (χ2v) is 8.70. The van der Waals surface area contributed by atoms with E-state index in [9.17, 15) is 4.39 Å². The van der Waals surface area contributed by atoms with Crippen LogP contribution in [0.5, 0.6) is 5.75 Å². The van der Waals surface area contributed by atoms with Crippen molar-refractivity contribution in [2.24, 2.45) is 0 Å². The molecule has 1 fully saturated rings. The highest BCUT2D eigenvalue weighted by Gasteiger charge is 2.43. The molecule has 172 valence electrons. The average Bonchev–Trinajstić information content (AvgIpc) is 3.34. The molecule has 2 aromatic heterocycles. The SMILES string of the molecule is COc1ccccc1N1C(=S)N[C@H](c2ccccn2)[C@H]1c1cc(C)n(-c2cccc(F)c2)c1C. The van der Waals surface area contributed by atoms with Crippen molar-refractivity contribution in [3.05, 3.63) is 107 Å². The molecule has 5 nitrogen and oxygen atoms in total. The molecular formula is C27H25FN4OS. The van der Waals surface area contributed by atoms with E-state index < -0.39 is 0 Å². The summed E-state index contributed by atoms with van der Waals surface area (Å²) in [5, 5.41) is 4.09. The largest absolute Gasteiger partial charge is 0.495 e. The fourth-order valence-corrected chi connectivity index (χ4v) is 5.20. The molecule has 7 heteroatoms. The Morgan fingerprint density at radius 1 is 1.00 bits per heavy atom. The molecule has 1 aliphatic rings. The molecule has 1 saturated heterocycles. The van der Waals surface area contributed by atoms with Crippen molar-refractivity contribution in [2.75, 3.05) is 12.0 Å². The van der Waals surface area contributed by atoms with Gasteiger partial charge in [-0.05, 0) is 80.2 Å². The first-order valence-electron chi connectivity index (χ1n) is 11.1. The smallest absolute Gasteiger partial charge is 0.174 e. The third-order valence-electron chi connectivity index (χ3n) is 6.30. The summed E-state index contributed by atoms with van der Waals surface area (Å²) in [6, 6.07) is 22.2. The monoisotopic (exact) mass is 472 g/mol. The summed E-state index contributed by atoms with van der Waals surface area (Å²) in [7, 11) is 1.66. The molecule has 1 aliphatic heterocycles. The van der Waals surface area contributed by atoms with E-state index in [0.29, 0.717) is 5.11 Å². The van der Waals surface area contributed by atoms with Gasteiger partial charge in [-0.1, -0.05) is 24.3 Å². The summed E-state index contributed by atoms with van der Waals surface area (Å²) >= 11 is 5.85. The van der Waals surface area contributed by atoms with Crippen molar-refractivity contribution in [3.63, 3.8) is 0 Å². The van der Waals surface area contributed by atoms with Crippen LogP contribution in [0.1, 0.15) is 34.7 Å². The lowest BCUT2D eigenvalue weighted by molar-refractivity contribution is 0.414. The van der Waals surface area contributed by atoms with Gasteiger partial charge < -0.3 is 19.5 Å². The topological polar surface area (TPSA) is 42.3 Å². The normalized spacial score (nSPS) is 17.6. The van der Waals surface area contributed by atoms with E-state index in [4.69, 9.17) is 17.0 Å². The van der Waals surface area contributed by atoms with Crippen LogP contribution in [0.2, 0.25) is 0 Å². The molecule has 0 bridgehead atoms. The summed E-state index contributed by atoms with van der Waals surface area (Å²) < 4.78 is 21.8. The molecular weight excluding hydrogens is 447 g/mol. The number of nitrogens with one attached hydrogen (secondary N) is 1. The Morgan fingerprint density at radius 2 is 1.79 bits per heavy atom. The first-order valence-corrected chi connectivity index (χ1v) is 11.5. The Kier molecular flexibility index (Phi) is 5.79. The van der Waals surface area contributed by atoms with Gasteiger partial charge in [-0.25, -0.2) is 4.39 Å². The summed E-state index contributed by atoms with van der Waals surface area (Å²) in [5.74, 6) is 0.467. The lowest BCUT2D eigenvalue weighted by atomic mass is 9.96. The number of hydrogen-bond acceptors (Lipinski definition) is 3. The number of rotatable bonds is 5. The predicted molar refractivity (Wildman–Crippen MR) is 136 cm³/mol. The van der Waals surface area contributed by atoms with Crippen LogP contribution in [0.25, 0.3) is 5.69 Å². The number of halogens is 1. The number of methoxy groups -OCH3 is 1. The third-order valence-corrected chi connectivity index (χ3v) is 6.61. The summed E-state index contributed by atoms with van der Waals surface area (Å²) in [4.78, 5) is 6.74. The maximum Gasteiger partial charge on any atom is 0.174 e. The molecule has 0 aliphatic carbocycles. The fraction of sp³-hybridized carbons (Fsp3) is 0.185. The number of anilines is 1. The third kappa shape index (κ3) is 3.72. The average molecular weight is 473 g/mol. The minimum Gasteiger partial charge on any atom is -0.495 e. The number of ether oxygens (including phenoxy) is 1. The van der Waals surface area contributed by atoms with Gasteiger partial charge in [0.25, 0.3) is 0 Å². The molecule has 0 spiro atoms. The molecule has 3 heterocycles. The van der Waals surface area contributed by atoms with Gasteiger partial charge in [0.2, 0.25) is 0 Å². The van der Waals surface area contributed by atoms with Gasteiger partial charge in [-0.3, -0.25) is 4.98 Å². The summed E-state index contributed by atoms with van der Waals surface area (Å²) in [6.45, 7) is 4.09. The van der Waals surface area contributed by atoms with Crippen LogP contribution in [-0.4, -0.2) is 21.8 Å². The Morgan fingerprint density at radius 3 is 2.53 bits per heavy atom. The Labute approximate surface area is 203 Å². The second-order valence-electron chi connectivity index (χ2n) is 8.31. The molecule has 34 heavy (non-hydrogen) atoms. The van der Waals surface area contributed by atoms with E-state index >= 15 is 0 Å². The zero-order valence-electron chi connectivity index (χ0n) is 19.2. The van der Waals surface area contributed by atoms with Crippen LogP contribution in [-0.2, 0) is 0 Å². The Hall–Kier alpha value is -3.71. The van der Waals surface area contributed by atoms with E-state index in [1.165, 1.54) is 6.07 Å². The minimum absolute atomic E-state index is 0.180. The molecule has 0 radical (unpaired) electrons. The zero-order chi connectivity index (χ0) is 23.8. The van der Waals surface area contributed by atoms with E-state index in [2.05, 4.69) is 32.8 Å². The highest BCUT2D eigenvalue weighted by Crippen LogP contribution is 2.46. The molecule has 0 saturated carbocycles. The Balaban J connectivity index is 1.71. The molecule has 1 N–H and O–H groups in total. The van der Waals surface area contributed by atoms with Gasteiger partial charge in [0.05, 0.1) is 30.6 Å². The van der Waals surface area contributed by atoms with Gasteiger partial charge in [0.1, 0.15) is 11.6 Å². The van der Waals surface area contributed by atoms with Gasteiger partial charge >= 0.3 is 0 Å². The molecule has 0 unspecified atom stereocenters. The molecule has 2 aromatic carbocycles. The van der Waals surface area contributed by atoms with Crippen molar-refractivity contribution in [1.82, 2.24) is 14.9 Å². The van der Waals surface area contributed by atoms with Crippen molar-refractivity contribution >= 4 is 23.0 Å². The van der Waals surface area contributed by atoms with Crippen molar-refractivity contribution in [1.29, 1.82) is 0 Å². The van der Waals surface area contributed by atoms with E-state index in [1.54, 1.807) is 25.4 Å². The highest BCUT2D eigenvalue weighted by atomic mass is 32.1. The number of nitrogens with zero attached hydrogens (tertiary/aromatic N) is 3. The standard InChI is InChI=1S/C27H25FN4OS/c1-17-15-21(18(2)31(17)20-10-8-9-19(28)16-20)26-25(22-11-6-7-14-29-22)30-27(34)32(26)23-12-4-5-13-24(23)33-3/h4-16,25-26H,1-3H3,(H,30,34)/t25-,26-/m1/s1. The first kappa shape index (κ1) is 22.1. The first-order chi connectivity index (χ1) is 16.5. The number of pyridine rings is 1. The zero-order valence-corrected chi connectivity index (χ0v) is 20.0. The minimum atomic E-state index is -0.266. The van der Waals surface area contributed by atoms with Crippen molar-refractivity contribution in [2.45, 2.75) is 25.9 Å². The van der Waals surface area contributed by atoms with Gasteiger partial charge in [-0.15, -0.1) is 0 Å². The molecule has 2 atom stereocenters. The lowest BCUT2D eigenvalue weighted by Gasteiger charge is -2.29. The van der Waals surface area contributed by atoms with Crippen LogP contribution in [0.15, 0.2) is 79.0 Å². The number of aryl methyl sites for hydroxylation is 1. The fourth-order valence-electron chi connectivity index (χ4n) is 4.86. The maximum atomic E-state index is 14.1. The molecule has 4 aromatic rings. The summed E-state index contributed by atoms with van der Waals surface area (Å²) in [5.41, 5.74) is 5.66. The molecule has 5 rings (SSSR count). The number of aromatic nitrogens is 2. The number of thiocarbonyl (C=S) groups is 1. The Bertz CT molecular complexity index is 1350. The van der Waals surface area contributed by atoms with Gasteiger partial charge in [-0.2, -0.15) is 0 Å². The van der Waals surface area contributed by atoms with Crippen molar-refractivity contribution < 1.29 is 9.13 Å². The predicted octanol–water partition coefficient (Wildman–Crippen LogP) is 5.81. The number of hydrogen-bond donors (Lipinski definition) is 1. The van der Waals surface area contributed by atoms with E-state index in [0.717, 1.165) is 39.8 Å². The van der Waals surface area contributed by atoms with Crippen LogP contribution in [0.4, 0.5) is 10.1 Å². The van der Waals surface area contributed by atoms with Crippen LogP contribution < -0.4 is 15.0 Å². The quantitative estimate of drug-likeness (QED) is 0.371. The van der Waals surface area contributed by atoms with Gasteiger partial charge in [0, 0.05) is 23.3 Å². The van der Waals surface area contributed by atoms with Crippen LogP contribution >= 0.6 is 12.2 Å². The van der Waals surface area contributed by atoms with Crippen molar-refractivity contribution in [3.8, 4) is 11.4 Å². The number of para-hydroxylation sites is 2. The van der Waals surface area contributed by atoms with E-state index in [1.807, 2.05) is 55.5 Å². The maximum absolute atomic E-state index is 14.1. The number of benzene rings is 2. The van der Waals surface area contributed by atoms with E-state index in [-0.39, 0.29) is 17.9 Å². The second kappa shape index (κ2) is 8.91. The van der Waals surface area contributed by atoms with Crippen LogP contribution in [0, 0.1) is 19.7 Å². The molecule has 0 amide bonds.